The van der Waals surface area contributed by atoms with Crippen molar-refractivity contribution in [1.29, 1.82) is 0 Å². The highest BCUT2D eigenvalue weighted by atomic mass is 31.2. The minimum absolute atomic E-state index is 0.208. The van der Waals surface area contributed by atoms with E-state index in [1.807, 2.05) is 0 Å². The topological polar surface area (TPSA) is 55.8 Å². The summed E-state index contributed by atoms with van der Waals surface area (Å²) in [5.74, 6) is 0.660. The number of hydrogen-bond acceptors (Lipinski definition) is 3. The molecule has 1 aromatic rings. The highest BCUT2D eigenvalue weighted by Crippen LogP contribution is 2.41. The maximum Gasteiger partial charge on any atom is 0.359 e. The van der Waals surface area contributed by atoms with Crippen molar-refractivity contribution in [2.24, 2.45) is 0 Å². The molecular formula is C10H15O4P. The number of aryl methyl sites for hydroxylation is 1. The van der Waals surface area contributed by atoms with Crippen LogP contribution in [0.5, 0.6) is 5.75 Å². The molecule has 0 aliphatic rings. The fourth-order valence-corrected chi connectivity index (χ4v) is 2.58. The Kier molecular flexibility index (Phi) is 3.91. The van der Waals surface area contributed by atoms with Gasteiger partial charge in [0.05, 0.1) is 19.0 Å². The van der Waals surface area contributed by atoms with Crippen LogP contribution in [-0.4, -0.2) is 18.6 Å². The van der Waals surface area contributed by atoms with Crippen molar-refractivity contribution in [3.63, 3.8) is 0 Å². The lowest BCUT2D eigenvalue weighted by Crippen LogP contribution is -2.10. The van der Waals surface area contributed by atoms with E-state index in [1.165, 1.54) is 0 Å². The number of ether oxygens (including phenoxy) is 1. The molecule has 0 radical (unpaired) electrons. The summed E-state index contributed by atoms with van der Waals surface area (Å²) in [4.78, 5) is 9.62. The Balaban J connectivity index is 3.10. The van der Waals surface area contributed by atoms with Crippen molar-refractivity contribution < 1.29 is 18.7 Å². The molecule has 0 spiro atoms. The Morgan fingerprint density at radius 2 is 2.13 bits per heavy atom. The van der Waals surface area contributed by atoms with Crippen molar-refractivity contribution in [2.75, 3.05) is 13.7 Å². The monoisotopic (exact) mass is 230 g/mol. The molecule has 0 heterocycles. The van der Waals surface area contributed by atoms with E-state index in [2.05, 4.69) is 0 Å². The van der Waals surface area contributed by atoms with E-state index in [-0.39, 0.29) is 6.61 Å². The molecule has 1 rings (SSSR count). The van der Waals surface area contributed by atoms with E-state index in [4.69, 9.17) is 9.26 Å². The number of benzene rings is 1. The molecule has 1 aromatic carbocycles. The standard InChI is InChI=1S/C10H15O4P/c1-4-14-15(11,12)10-6-5-9(13-3)7-8(10)2/h5-7H,4H2,1-3H3,(H,11,12). The van der Waals surface area contributed by atoms with Gasteiger partial charge in [-0.3, -0.25) is 4.57 Å². The van der Waals surface area contributed by atoms with Crippen LogP contribution in [0.4, 0.5) is 0 Å². The second kappa shape index (κ2) is 4.79. The fourth-order valence-electron chi connectivity index (χ4n) is 1.32. The van der Waals surface area contributed by atoms with Crippen molar-refractivity contribution in [3.8, 4) is 5.75 Å². The molecule has 0 fully saturated rings. The van der Waals surface area contributed by atoms with Crippen LogP contribution in [-0.2, 0) is 9.09 Å². The fraction of sp³-hybridized carbons (Fsp3) is 0.400. The van der Waals surface area contributed by atoms with E-state index >= 15 is 0 Å². The summed E-state index contributed by atoms with van der Waals surface area (Å²) in [5, 5.41) is 0.324. The largest absolute Gasteiger partial charge is 0.497 e. The Hall–Kier alpha value is -0.830. The van der Waals surface area contributed by atoms with Gasteiger partial charge in [0.2, 0.25) is 0 Å². The molecule has 1 N–H and O–H groups in total. The first-order valence-corrected chi connectivity index (χ1v) is 6.21. The van der Waals surface area contributed by atoms with Crippen LogP contribution in [0.25, 0.3) is 0 Å². The molecule has 0 aliphatic heterocycles. The Labute approximate surface area is 89.4 Å². The third kappa shape index (κ3) is 2.81. The minimum atomic E-state index is -3.67. The average Bonchev–Trinajstić information content (AvgIpc) is 2.17. The average molecular weight is 230 g/mol. The van der Waals surface area contributed by atoms with Gasteiger partial charge in [-0.2, -0.15) is 0 Å². The van der Waals surface area contributed by atoms with Crippen molar-refractivity contribution >= 4 is 12.9 Å². The van der Waals surface area contributed by atoms with Gasteiger partial charge >= 0.3 is 7.60 Å². The Morgan fingerprint density at radius 3 is 2.60 bits per heavy atom. The molecule has 84 valence electrons. The summed E-state index contributed by atoms with van der Waals surface area (Å²) in [7, 11) is -2.12. The van der Waals surface area contributed by atoms with E-state index in [1.54, 1.807) is 39.2 Å². The first-order valence-electron chi connectivity index (χ1n) is 4.63. The second-order valence-corrected chi connectivity index (χ2v) is 4.87. The van der Waals surface area contributed by atoms with Gasteiger partial charge < -0.3 is 14.2 Å². The minimum Gasteiger partial charge on any atom is -0.497 e. The van der Waals surface area contributed by atoms with E-state index in [0.29, 0.717) is 16.6 Å². The van der Waals surface area contributed by atoms with Crippen LogP contribution in [0.3, 0.4) is 0 Å². The smallest absolute Gasteiger partial charge is 0.359 e. The van der Waals surface area contributed by atoms with Gasteiger partial charge in [-0.15, -0.1) is 0 Å². The van der Waals surface area contributed by atoms with Crippen LogP contribution in [0.15, 0.2) is 18.2 Å². The van der Waals surface area contributed by atoms with Gasteiger partial charge in [-0.25, -0.2) is 0 Å². The van der Waals surface area contributed by atoms with E-state index < -0.39 is 7.60 Å². The molecule has 4 nitrogen and oxygen atoms in total. The lowest BCUT2D eigenvalue weighted by Gasteiger charge is -2.13. The molecule has 0 bridgehead atoms. The SMILES string of the molecule is CCOP(=O)(O)c1ccc(OC)cc1C. The summed E-state index contributed by atoms with van der Waals surface area (Å²) in [6.07, 6.45) is 0. The van der Waals surface area contributed by atoms with Crippen LogP contribution < -0.4 is 10.0 Å². The normalized spacial score (nSPS) is 14.7. The molecule has 0 aromatic heterocycles. The van der Waals surface area contributed by atoms with Gasteiger partial charge in [-0.1, -0.05) is 0 Å². The van der Waals surface area contributed by atoms with Crippen LogP contribution in [0.1, 0.15) is 12.5 Å². The lowest BCUT2D eigenvalue weighted by molar-refractivity contribution is 0.284. The molecule has 1 atom stereocenters. The number of rotatable bonds is 4. The maximum absolute atomic E-state index is 11.7. The van der Waals surface area contributed by atoms with Gasteiger partial charge in [0.1, 0.15) is 5.75 Å². The Bertz CT molecular complexity index is 389. The zero-order valence-corrected chi connectivity index (χ0v) is 9.95. The molecule has 0 saturated carbocycles. The van der Waals surface area contributed by atoms with Crippen molar-refractivity contribution in [3.05, 3.63) is 23.8 Å². The molecule has 0 amide bonds. The highest BCUT2D eigenvalue weighted by molar-refractivity contribution is 7.61. The van der Waals surface area contributed by atoms with Crippen LogP contribution in [0, 0.1) is 6.92 Å². The summed E-state index contributed by atoms with van der Waals surface area (Å²) >= 11 is 0. The summed E-state index contributed by atoms with van der Waals surface area (Å²) in [6.45, 7) is 3.64. The molecule has 1 unspecified atom stereocenters. The lowest BCUT2D eigenvalue weighted by atomic mass is 10.2. The van der Waals surface area contributed by atoms with E-state index in [0.717, 1.165) is 0 Å². The van der Waals surface area contributed by atoms with Crippen LogP contribution in [0.2, 0.25) is 0 Å². The summed E-state index contributed by atoms with van der Waals surface area (Å²) in [6, 6.07) is 4.91. The quantitative estimate of drug-likeness (QED) is 0.802. The summed E-state index contributed by atoms with van der Waals surface area (Å²) < 4.78 is 21.6. The first kappa shape index (κ1) is 12.2. The third-order valence-electron chi connectivity index (χ3n) is 2.01. The molecule has 15 heavy (non-hydrogen) atoms. The Morgan fingerprint density at radius 1 is 1.47 bits per heavy atom. The van der Waals surface area contributed by atoms with Gasteiger partial charge in [-0.05, 0) is 37.6 Å². The van der Waals surface area contributed by atoms with E-state index in [9.17, 15) is 9.46 Å². The molecule has 0 saturated heterocycles. The third-order valence-corrected chi connectivity index (χ3v) is 3.73. The zero-order valence-electron chi connectivity index (χ0n) is 9.06. The highest BCUT2D eigenvalue weighted by Gasteiger charge is 2.24. The number of methoxy groups -OCH3 is 1. The predicted octanol–water partition coefficient (Wildman–Crippen LogP) is 1.85. The van der Waals surface area contributed by atoms with Gasteiger partial charge in [0.15, 0.2) is 0 Å². The van der Waals surface area contributed by atoms with Gasteiger partial charge in [0, 0.05) is 0 Å². The maximum atomic E-state index is 11.7. The number of hydrogen-bond donors (Lipinski definition) is 1. The first-order chi connectivity index (χ1) is 7.01. The summed E-state index contributed by atoms with van der Waals surface area (Å²) in [5.41, 5.74) is 0.689. The van der Waals surface area contributed by atoms with Crippen LogP contribution >= 0.6 is 7.60 Å². The molecule has 0 aliphatic carbocycles. The zero-order chi connectivity index (χ0) is 11.5. The predicted molar refractivity (Wildman–Crippen MR) is 58.8 cm³/mol. The van der Waals surface area contributed by atoms with Gasteiger partial charge in [0.25, 0.3) is 0 Å². The van der Waals surface area contributed by atoms with Crippen molar-refractivity contribution in [1.82, 2.24) is 0 Å². The van der Waals surface area contributed by atoms with Crippen molar-refractivity contribution in [2.45, 2.75) is 13.8 Å². The molecular weight excluding hydrogens is 215 g/mol. The molecule has 5 heteroatoms. The second-order valence-electron chi connectivity index (χ2n) is 3.09.